The minimum absolute atomic E-state index is 0.0736. The van der Waals surface area contributed by atoms with Crippen LogP contribution in [0.2, 0.25) is 0 Å². The standard InChI is InChI=1S/C19H23N3O4/c1-19(2,3)26-18(23)22-11-13(12-22)16-17(21-10-9-20-16)25-15-7-5-14(24-4)6-8-15/h5-10,13H,11-12H2,1-4H3. The SMILES string of the molecule is COc1ccc(Oc2nccnc2C2CN(C(=O)OC(C)(C)C)C2)cc1. The van der Waals surface area contributed by atoms with Crippen LogP contribution in [-0.2, 0) is 4.74 Å². The second kappa shape index (κ2) is 7.19. The summed E-state index contributed by atoms with van der Waals surface area (Å²) in [7, 11) is 1.61. The van der Waals surface area contributed by atoms with Crippen LogP contribution in [0.25, 0.3) is 0 Å². The van der Waals surface area contributed by atoms with E-state index >= 15 is 0 Å². The van der Waals surface area contributed by atoms with Gasteiger partial charge in [-0.3, -0.25) is 4.98 Å². The van der Waals surface area contributed by atoms with Crippen LogP contribution in [0.1, 0.15) is 32.4 Å². The van der Waals surface area contributed by atoms with Crippen LogP contribution in [0, 0.1) is 0 Å². The zero-order valence-corrected chi connectivity index (χ0v) is 15.4. The second-order valence-electron chi connectivity index (χ2n) is 7.11. The predicted molar refractivity (Wildman–Crippen MR) is 95.6 cm³/mol. The van der Waals surface area contributed by atoms with Gasteiger partial charge in [-0.2, -0.15) is 0 Å². The minimum Gasteiger partial charge on any atom is -0.497 e. The molecule has 0 atom stereocenters. The van der Waals surface area contributed by atoms with E-state index < -0.39 is 5.60 Å². The van der Waals surface area contributed by atoms with Crippen LogP contribution in [0.4, 0.5) is 4.79 Å². The largest absolute Gasteiger partial charge is 0.497 e. The van der Waals surface area contributed by atoms with Crippen molar-refractivity contribution in [2.45, 2.75) is 32.3 Å². The van der Waals surface area contributed by atoms with Gasteiger partial charge in [-0.1, -0.05) is 0 Å². The van der Waals surface area contributed by atoms with Gasteiger partial charge in [0, 0.05) is 31.4 Å². The number of benzene rings is 1. The Bertz CT molecular complexity index is 765. The minimum atomic E-state index is -0.503. The topological polar surface area (TPSA) is 73.8 Å². The van der Waals surface area contributed by atoms with Crippen LogP contribution >= 0.6 is 0 Å². The Balaban J connectivity index is 1.66. The number of methoxy groups -OCH3 is 1. The zero-order valence-electron chi connectivity index (χ0n) is 15.4. The number of hydrogen-bond donors (Lipinski definition) is 0. The number of nitrogens with zero attached hydrogens (tertiary/aromatic N) is 3. The summed E-state index contributed by atoms with van der Waals surface area (Å²) in [5.41, 5.74) is 0.236. The van der Waals surface area contributed by atoms with E-state index in [1.165, 1.54) is 0 Å². The van der Waals surface area contributed by atoms with Gasteiger partial charge in [-0.15, -0.1) is 0 Å². The van der Waals surface area contributed by atoms with E-state index in [2.05, 4.69) is 9.97 Å². The monoisotopic (exact) mass is 357 g/mol. The summed E-state index contributed by atoms with van der Waals surface area (Å²) >= 11 is 0. The molecular weight excluding hydrogens is 334 g/mol. The Kier molecular flexibility index (Phi) is 4.97. The first-order valence-corrected chi connectivity index (χ1v) is 8.46. The maximum atomic E-state index is 12.1. The number of carbonyl (C=O) groups excluding carboxylic acids is 1. The predicted octanol–water partition coefficient (Wildman–Crippen LogP) is 3.61. The molecule has 1 aromatic carbocycles. The summed E-state index contributed by atoms with van der Waals surface area (Å²) in [6.07, 6.45) is 2.91. The smallest absolute Gasteiger partial charge is 0.410 e. The van der Waals surface area contributed by atoms with Crippen molar-refractivity contribution in [1.29, 1.82) is 0 Å². The lowest BCUT2D eigenvalue weighted by atomic mass is 9.97. The molecule has 1 amide bonds. The van der Waals surface area contributed by atoms with Crippen molar-refractivity contribution >= 4 is 6.09 Å². The lowest BCUT2D eigenvalue weighted by molar-refractivity contribution is 0.00764. The molecule has 7 heteroatoms. The van der Waals surface area contributed by atoms with Gasteiger partial charge in [0.2, 0.25) is 5.88 Å². The molecule has 1 saturated heterocycles. The maximum absolute atomic E-state index is 12.1. The fourth-order valence-corrected chi connectivity index (χ4v) is 2.58. The molecule has 7 nitrogen and oxygen atoms in total. The fraction of sp³-hybridized carbons (Fsp3) is 0.421. The fourth-order valence-electron chi connectivity index (χ4n) is 2.58. The van der Waals surface area contributed by atoms with Crippen molar-refractivity contribution in [3.63, 3.8) is 0 Å². The third-order valence-corrected chi connectivity index (χ3v) is 3.89. The Labute approximate surface area is 152 Å². The van der Waals surface area contributed by atoms with Crippen LogP contribution in [0.3, 0.4) is 0 Å². The van der Waals surface area contributed by atoms with E-state index in [0.29, 0.717) is 24.7 Å². The average molecular weight is 357 g/mol. The van der Waals surface area contributed by atoms with Crippen LogP contribution in [-0.4, -0.2) is 46.8 Å². The molecule has 1 aromatic heterocycles. The number of likely N-dealkylation sites (tertiary alicyclic amines) is 1. The summed E-state index contributed by atoms with van der Waals surface area (Å²) < 4.78 is 16.4. The Hall–Kier alpha value is -2.83. The highest BCUT2D eigenvalue weighted by molar-refractivity contribution is 5.69. The summed E-state index contributed by atoms with van der Waals surface area (Å²) in [6, 6.07) is 7.26. The molecule has 1 aliphatic heterocycles. The first-order valence-electron chi connectivity index (χ1n) is 8.46. The van der Waals surface area contributed by atoms with Crippen molar-refractivity contribution < 1.29 is 19.0 Å². The molecule has 0 unspecified atom stereocenters. The highest BCUT2D eigenvalue weighted by atomic mass is 16.6. The molecule has 1 fully saturated rings. The summed E-state index contributed by atoms with van der Waals surface area (Å²) in [4.78, 5) is 22.4. The van der Waals surface area contributed by atoms with Crippen molar-refractivity contribution in [2.75, 3.05) is 20.2 Å². The molecular formula is C19H23N3O4. The third-order valence-electron chi connectivity index (χ3n) is 3.89. The third kappa shape index (κ3) is 4.22. The van der Waals surface area contributed by atoms with Gasteiger partial charge in [0.05, 0.1) is 7.11 Å². The molecule has 0 aliphatic carbocycles. The highest BCUT2D eigenvalue weighted by Gasteiger charge is 2.37. The molecule has 138 valence electrons. The van der Waals surface area contributed by atoms with E-state index in [9.17, 15) is 4.79 Å². The normalized spacial score (nSPS) is 14.5. The molecule has 0 spiro atoms. The van der Waals surface area contributed by atoms with Gasteiger partial charge in [0.15, 0.2) is 0 Å². The van der Waals surface area contributed by atoms with Gasteiger partial charge in [-0.05, 0) is 45.0 Å². The van der Waals surface area contributed by atoms with Crippen LogP contribution in [0.5, 0.6) is 17.4 Å². The second-order valence-corrected chi connectivity index (χ2v) is 7.11. The molecule has 1 aliphatic rings. The summed E-state index contributed by atoms with van der Waals surface area (Å²) in [5, 5.41) is 0. The Morgan fingerprint density at radius 2 is 1.69 bits per heavy atom. The van der Waals surface area contributed by atoms with Crippen LogP contribution < -0.4 is 9.47 Å². The van der Waals surface area contributed by atoms with Crippen molar-refractivity contribution in [1.82, 2.24) is 14.9 Å². The molecule has 0 saturated carbocycles. The highest BCUT2D eigenvalue weighted by Crippen LogP contribution is 2.33. The molecule has 26 heavy (non-hydrogen) atoms. The quantitative estimate of drug-likeness (QED) is 0.832. The number of carbonyl (C=O) groups is 1. The number of hydrogen-bond acceptors (Lipinski definition) is 6. The van der Waals surface area contributed by atoms with Crippen molar-refractivity contribution in [3.8, 4) is 17.4 Å². The zero-order chi connectivity index (χ0) is 18.7. The molecule has 2 heterocycles. The van der Waals surface area contributed by atoms with Gasteiger partial charge in [0.1, 0.15) is 22.8 Å². The van der Waals surface area contributed by atoms with E-state index in [1.54, 1.807) is 24.4 Å². The van der Waals surface area contributed by atoms with Crippen molar-refractivity contribution in [2.24, 2.45) is 0 Å². The molecule has 2 aromatic rings. The van der Waals surface area contributed by atoms with Gasteiger partial charge < -0.3 is 19.1 Å². The molecule has 0 bridgehead atoms. The number of rotatable bonds is 4. The molecule has 0 radical (unpaired) electrons. The summed E-state index contributed by atoms with van der Waals surface area (Å²) in [6.45, 7) is 6.63. The number of ether oxygens (including phenoxy) is 3. The lowest BCUT2D eigenvalue weighted by Crippen LogP contribution is -2.50. The molecule has 0 N–H and O–H groups in total. The molecule has 3 rings (SSSR count). The first-order chi connectivity index (χ1) is 12.4. The Morgan fingerprint density at radius 1 is 1.08 bits per heavy atom. The Morgan fingerprint density at radius 3 is 2.31 bits per heavy atom. The van der Waals surface area contributed by atoms with E-state index in [4.69, 9.17) is 14.2 Å². The van der Waals surface area contributed by atoms with Gasteiger partial charge in [-0.25, -0.2) is 9.78 Å². The van der Waals surface area contributed by atoms with Crippen molar-refractivity contribution in [3.05, 3.63) is 42.4 Å². The maximum Gasteiger partial charge on any atom is 0.410 e. The van der Waals surface area contributed by atoms with Crippen LogP contribution in [0.15, 0.2) is 36.7 Å². The van der Waals surface area contributed by atoms with E-state index in [1.807, 2.05) is 45.0 Å². The summed E-state index contributed by atoms with van der Waals surface area (Å²) in [5.74, 6) is 1.93. The number of aromatic nitrogens is 2. The first kappa shape index (κ1) is 18.0. The lowest BCUT2D eigenvalue weighted by Gasteiger charge is -2.39. The van der Waals surface area contributed by atoms with E-state index in [0.717, 1.165) is 11.4 Å². The van der Waals surface area contributed by atoms with E-state index in [-0.39, 0.29) is 12.0 Å². The van der Waals surface area contributed by atoms with Gasteiger partial charge >= 0.3 is 6.09 Å². The van der Waals surface area contributed by atoms with Gasteiger partial charge in [0.25, 0.3) is 0 Å². The number of amides is 1. The average Bonchev–Trinajstić information content (AvgIpc) is 2.54.